The highest BCUT2D eigenvalue weighted by Crippen LogP contribution is 2.22. The van der Waals surface area contributed by atoms with Gasteiger partial charge in [-0.3, -0.25) is 14.4 Å². The maximum Gasteiger partial charge on any atom is 0.307 e. The maximum absolute atomic E-state index is 12.8. The normalized spacial score (nSPS) is 13.6. The fraction of sp³-hybridized carbons (Fsp3) is 0.286. The van der Waals surface area contributed by atoms with Crippen molar-refractivity contribution in [3.05, 3.63) is 59.9 Å². The molecule has 0 atom stereocenters. The van der Waals surface area contributed by atoms with E-state index in [2.05, 4.69) is 0 Å². The van der Waals surface area contributed by atoms with E-state index in [0.29, 0.717) is 24.3 Å². The molecule has 146 valence electrons. The van der Waals surface area contributed by atoms with Crippen molar-refractivity contribution in [1.29, 1.82) is 0 Å². The topological polar surface area (TPSA) is 63.7 Å². The van der Waals surface area contributed by atoms with Crippen molar-refractivity contribution < 1.29 is 23.5 Å². The third kappa shape index (κ3) is 5.42. The summed E-state index contributed by atoms with van der Waals surface area (Å²) >= 11 is 1.42. The average Bonchev–Trinajstić information content (AvgIpc) is 3.13. The summed E-state index contributed by atoms with van der Waals surface area (Å²) in [7, 11) is 0. The van der Waals surface area contributed by atoms with E-state index in [0.717, 1.165) is 17.0 Å². The molecule has 7 heteroatoms. The summed E-state index contributed by atoms with van der Waals surface area (Å²) in [6, 6.07) is 12.8. The molecule has 1 heterocycles. The van der Waals surface area contributed by atoms with E-state index in [9.17, 15) is 18.8 Å². The molecule has 2 aromatic rings. The molecule has 1 saturated heterocycles. The average molecular weight is 401 g/mol. The number of hydrogen-bond donors (Lipinski definition) is 0. The van der Waals surface area contributed by atoms with Gasteiger partial charge in [-0.25, -0.2) is 4.39 Å². The van der Waals surface area contributed by atoms with Crippen LogP contribution in [0.15, 0.2) is 53.4 Å². The first-order valence-electron chi connectivity index (χ1n) is 9.00. The third-order valence-corrected chi connectivity index (χ3v) is 5.34. The lowest BCUT2D eigenvalue weighted by Gasteiger charge is -2.15. The van der Waals surface area contributed by atoms with Gasteiger partial charge in [0.15, 0.2) is 12.4 Å². The first-order chi connectivity index (χ1) is 13.5. The quantitative estimate of drug-likeness (QED) is 0.382. The van der Waals surface area contributed by atoms with E-state index in [1.165, 1.54) is 23.9 Å². The smallest absolute Gasteiger partial charge is 0.307 e. The summed E-state index contributed by atoms with van der Waals surface area (Å²) in [6.07, 6.45) is 1.55. The van der Waals surface area contributed by atoms with Crippen LogP contribution in [-0.2, 0) is 14.3 Å². The lowest BCUT2D eigenvalue weighted by molar-refractivity contribution is -0.142. The first-order valence-corrected chi connectivity index (χ1v) is 9.99. The number of rotatable bonds is 8. The maximum atomic E-state index is 12.8. The Hall–Kier alpha value is -2.67. The molecule has 0 bridgehead atoms. The second-order valence-corrected chi connectivity index (χ2v) is 7.50. The predicted octanol–water partition coefficient (Wildman–Crippen LogP) is 3.86. The zero-order valence-corrected chi connectivity index (χ0v) is 16.0. The first kappa shape index (κ1) is 20.1. The number of carbonyl (C=O) groups excluding carboxylic acids is 3. The Balaban J connectivity index is 1.41. The summed E-state index contributed by atoms with van der Waals surface area (Å²) in [5.41, 5.74) is 1.21. The van der Waals surface area contributed by atoms with Crippen molar-refractivity contribution in [1.82, 2.24) is 0 Å². The molecule has 1 aliphatic heterocycles. The Morgan fingerprint density at radius 2 is 1.79 bits per heavy atom. The number of anilines is 1. The van der Waals surface area contributed by atoms with Crippen molar-refractivity contribution in [3.8, 4) is 0 Å². The van der Waals surface area contributed by atoms with Crippen LogP contribution in [0, 0.1) is 5.82 Å². The lowest BCUT2D eigenvalue weighted by atomic mass is 10.1. The van der Waals surface area contributed by atoms with E-state index in [-0.39, 0.29) is 30.5 Å². The molecule has 0 spiro atoms. The Bertz CT molecular complexity index is 852. The van der Waals surface area contributed by atoms with Crippen molar-refractivity contribution in [2.75, 3.05) is 23.8 Å². The van der Waals surface area contributed by atoms with Gasteiger partial charge in [-0.1, -0.05) is 0 Å². The summed E-state index contributed by atoms with van der Waals surface area (Å²) in [6.45, 7) is 0.377. The molecule has 28 heavy (non-hydrogen) atoms. The number of amides is 1. The highest BCUT2D eigenvalue weighted by atomic mass is 32.2. The van der Waals surface area contributed by atoms with Crippen LogP contribution in [0.25, 0.3) is 0 Å². The second-order valence-electron chi connectivity index (χ2n) is 6.33. The summed E-state index contributed by atoms with van der Waals surface area (Å²) < 4.78 is 17.9. The molecule has 0 N–H and O–H groups in total. The van der Waals surface area contributed by atoms with Gasteiger partial charge < -0.3 is 9.64 Å². The van der Waals surface area contributed by atoms with E-state index in [1.54, 1.807) is 41.3 Å². The van der Waals surface area contributed by atoms with Crippen LogP contribution in [0.3, 0.4) is 0 Å². The van der Waals surface area contributed by atoms with Crippen molar-refractivity contribution >= 4 is 35.1 Å². The highest BCUT2D eigenvalue weighted by Gasteiger charge is 2.21. The molecule has 0 unspecified atom stereocenters. The van der Waals surface area contributed by atoms with E-state index in [1.807, 2.05) is 0 Å². The molecule has 3 rings (SSSR count). The lowest BCUT2D eigenvalue weighted by Crippen LogP contribution is -2.23. The molecule has 5 nitrogen and oxygen atoms in total. The van der Waals surface area contributed by atoms with Crippen LogP contribution < -0.4 is 4.90 Å². The number of nitrogens with zero attached hydrogens (tertiary/aromatic N) is 1. The number of ether oxygens (including phenoxy) is 1. The number of thioether (sulfide) groups is 1. The van der Waals surface area contributed by atoms with Crippen molar-refractivity contribution in [2.24, 2.45) is 0 Å². The molecule has 1 fully saturated rings. The molecule has 1 aliphatic rings. The molecule has 1 amide bonds. The number of carbonyl (C=O) groups is 3. The monoisotopic (exact) mass is 401 g/mol. The SMILES string of the molecule is O=C(CCSc1ccc(F)cc1)OCC(=O)c1ccc(N2CCCC2=O)cc1. The minimum atomic E-state index is -0.456. The van der Waals surface area contributed by atoms with E-state index in [4.69, 9.17) is 4.74 Å². The highest BCUT2D eigenvalue weighted by molar-refractivity contribution is 7.99. The number of hydrogen-bond acceptors (Lipinski definition) is 5. The molecular formula is C21H20FNO4S. The Morgan fingerprint density at radius 1 is 1.07 bits per heavy atom. The summed E-state index contributed by atoms with van der Waals surface area (Å²) in [5.74, 6) is -0.480. The van der Waals surface area contributed by atoms with Crippen LogP contribution in [0.5, 0.6) is 0 Å². The third-order valence-electron chi connectivity index (χ3n) is 4.33. The number of Topliss-reactive ketones (excluding diaryl/α,β-unsaturated/α-hetero) is 1. The van der Waals surface area contributed by atoms with Crippen LogP contribution in [0.2, 0.25) is 0 Å². The van der Waals surface area contributed by atoms with Crippen molar-refractivity contribution in [2.45, 2.75) is 24.2 Å². The van der Waals surface area contributed by atoms with Gasteiger partial charge in [-0.2, -0.15) is 0 Å². The van der Waals surface area contributed by atoms with Gasteiger partial charge in [0.1, 0.15) is 5.82 Å². The second kappa shape index (κ2) is 9.50. The minimum Gasteiger partial charge on any atom is -0.457 e. The van der Waals surface area contributed by atoms with Crippen LogP contribution in [0.4, 0.5) is 10.1 Å². The zero-order chi connectivity index (χ0) is 19.9. The molecule has 0 radical (unpaired) electrons. The van der Waals surface area contributed by atoms with Crippen LogP contribution in [0.1, 0.15) is 29.6 Å². The number of halogens is 1. The van der Waals surface area contributed by atoms with Gasteiger partial charge >= 0.3 is 5.97 Å². The van der Waals surface area contributed by atoms with Gasteiger partial charge in [0, 0.05) is 34.9 Å². The molecule has 0 aliphatic carbocycles. The fourth-order valence-corrected chi connectivity index (χ4v) is 3.67. The van der Waals surface area contributed by atoms with Gasteiger partial charge in [0.25, 0.3) is 0 Å². The standard InChI is InChI=1S/C21H20FNO4S/c22-16-5-9-18(10-6-16)28-13-11-21(26)27-14-19(24)15-3-7-17(8-4-15)23-12-1-2-20(23)25/h3-10H,1-2,11-14H2. The van der Waals surface area contributed by atoms with Gasteiger partial charge in [0.05, 0.1) is 6.42 Å². The predicted molar refractivity (Wildman–Crippen MR) is 105 cm³/mol. The molecule has 0 aromatic heterocycles. The Kier molecular flexibility index (Phi) is 6.81. The van der Waals surface area contributed by atoms with Crippen LogP contribution in [-0.4, -0.2) is 36.6 Å². The summed E-state index contributed by atoms with van der Waals surface area (Å²) in [5, 5.41) is 0. The van der Waals surface area contributed by atoms with E-state index >= 15 is 0 Å². The number of ketones is 1. The molecule has 2 aromatic carbocycles. The Morgan fingerprint density at radius 3 is 2.43 bits per heavy atom. The van der Waals surface area contributed by atoms with Crippen LogP contribution >= 0.6 is 11.8 Å². The summed E-state index contributed by atoms with van der Waals surface area (Å²) in [4.78, 5) is 38.3. The van der Waals surface area contributed by atoms with Crippen molar-refractivity contribution in [3.63, 3.8) is 0 Å². The largest absolute Gasteiger partial charge is 0.457 e. The fourth-order valence-electron chi connectivity index (χ4n) is 2.83. The van der Waals surface area contributed by atoms with Gasteiger partial charge in [0.2, 0.25) is 5.91 Å². The zero-order valence-electron chi connectivity index (χ0n) is 15.2. The van der Waals surface area contributed by atoms with E-state index < -0.39 is 5.97 Å². The minimum absolute atomic E-state index is 0.0894. The molecule has 0 saturated carbocycles. The Labute approximate surface area is 166 Å². The molecular weight excluding hydrogens is 381 g/mol. The van der Waals surface area contributed by atoms with Gasteiger partial charge in [-0.15, -0.1) is 11.8 Å². The van der Waals surface area contributed by atoms with Gasteiger partial charge in [-0.05, 0) is 55.0 Å². The number of benzene rings is 2. The number of esters is 1.